The summed E-state index contributed by atoms with van der Waals surface area (Å²) in [6.45, 7) is 4.96. The van der Waals surface area contributed by atoms with E-state index >= 15 is 0 Å². The van der Waals surface area contributed by atoms with E-state index in [2.05, 4.69) is 26.0 Å². The summed E-state index contributed by atoms with van der Waals surface area (Å²) in [5, 5.41) is 9.14. The van der Waals surface area contributed by atoms with E-state index in [1.807, 2.05) is 6.07 Å². The fourth-order valence-electron chi connectivity index (χ4n) is 2.31. The number of hydrogen-bond donors (Lipinski definition) is 1. The summed E-state index contributed by atoms with van der Waals surface area (Å²) in [7, 11) is 0. The number of morpholine rings is 1. The first-order valence-corrected chi connectivity index (χ1v) is 8.27. The molecule has 0 spiro atoms. The van der Waals surface area contributed by atoms with Crippen LogP contribution in [0.1, 0.15) is 17.5 Å². The van der Waals surface area contributed by atoms with Gasteiger partial charge >= 0.3 is 5.97 Å². The van der Waals surface area contributed by atoms with E-state index in [1.54, 1.807) is 11.8 Å². The van der Waals surface area contributed by atoms with Gasteiger partial charge in [-0.2, -0.15) is 0 Å². The third-order valence-electron chi connectivity index (χ3n) is 3.80. The molecule has 1 fully saturated rings. The van der Waals surface area contributed by atoms with Crippen LogP contribution in [0, 0.1) is 13.8 Å². The van der Waals surface area contributed by atoms with Gasteiger partial charge in [0.25, 0.3) is 0 Å². The molecule has 22 heavy (non-hydrogen) atoms. The molecule has 1 aliphatic heterocycles. The second-order valence-electron chi connectivity index (χ2n) is 5.36. The molecule has 1 heterocycles. The second-order valence-corrected chi connectivity index (χ2v) is 6.53. The number of ether oxygens (including phenoxy) is 1. The summed E-state index contributed by atoms with van der Waals surface area (Å²) in [4.78, 5) is 25.9. The number of hydrogen-bond acceptors (Lipinski definition) is 4. The Morgan fingerprint density at radius 3 is 2.82 bits per heavy atom. The van der Waals surface area contributed by atoms with E-state index in [0.717, 1.165) is 4.90 Å². The Balaban J connectivity index is 1.86. The van der Waals surface area contributed by atoms with Crippen molar-refractivity contribution in [2.75, 3.05) is 25.5 Å². The lowest BCUT2D eigenvalue weighted by Gasteiger charge is -2.32. The van der Waals surface area contributed by atoms with Gasteiger partial charge in [0.05, 0.1) is 13.2 Å². The van der Waals surface area contributed by atoms with Crippen molar-refractivity contribution >= 4 is 23.6 Å². The van der Waals surface area contributed by atoms with E-state index in [0.29, 0.717) is 25.3 Å². The smallest absolute Gasteiger partial charge is 0.328 e. The number of benzene rings is 1. The van der Waals surface area contributed by atoms with Crippen LogP contribution in [-0.4, -0.2) is 53.4 Å². The second kappa shape index (κ2) is 7.65. The minimum absolute atomic E-state index is 0.0748. The number of rotatable bonds is 5. The van der Waals surface area contributed by atoms with Gasteiger partial charge < -0.3 is 14.7 Å². The van der Waals surface area contributed by atoms with Crippen LogP contribution in [-0.2, 0) is 14.3 Å². The predicted molar refractivity (Wildman–Crippen MR) is 85.2 cm³/mol. The van der Waals surface area contributed by atoms with Crippen LogP contribution in [0.5, 0.6) is 0 Å². The van der Waals surface area contributed by atoms with Gasteiger partial charge in [0.1, 0.15) is 0 Å². The van der Waals surface area contributed by atoms with Crippen LogP contribution in [0.3, 0.4) is 0 Å². The molecule has 5 nitrogen and oxygen atoms in total. The highest BCUT2D eigenvalue weighted by Crippen LogP contribution is 2.22. The number of carbonyl (C=O) groups excluding carboxylic acids is 1. The molecule has 0 bridgehead atoms. The standard InChI is InChI=1S/C16H21NO4S/c1-11-3-4-13(9-12(11)2)22-8-5-15(18)17-6-7-21-10-14(17)16(19)20/h3-4,9,14H,5-8,10H2,1-2H3,(H,19,20). The highest BCUT2D eigenvalue weighted by atomic mass is 32.2. The number of amides is 1. The third kappa shape index (κ3) is 4.24. The van der Waals surface area contributed by atoms with Crippen molar-refractivity contribution < 1.29 is 19.4 Å². The Kier molecular flexibility index (Phi) is 5.85. The van der Waals surface area contributed by atoms with E-state index in [4.69, 9.17) is 9.84 Å². The molecule has 1 aromatic carbocycles. The van der Waals surface area contributed by atoms with Crippen LogP contribution in [0.2, 0.25) is 0 Å². The number of carboxylic acid groups (broad SMARTS) is 1. The van der Waals surface area contributed by atoms with Crippen LogP contribution in [0.25, 0.3) is 0 Å². The maximum absolute atomic E-state index is 12.2. The maximum Gasteiger partial charge on any atom is 0.328 e. The van der Waals surface area contributed by atoms with Gasteiger partial charge in [0.2, 0.25) is 5.91 Å². The molecule has 1 aliphatic rings. The van der Waals surface area contributed by atoms with E-state index < -0.39 is 12.0 Å². The van der Waals surface area contributed by atoms with Crippen molar-refractivity contribution in [2.24, 2.45) is 0 Å². The van der Waals surface area contributed by atoms with Crippen molar-refractivity contribution in [3.05, 3.63) is 29.3 Å². The summed E-state index contributed by atoms with van der Waals surface area (Å²) >= 11 is 1.62. The van der Waals surface area contributed by atoms with Gasteiger partial charge in [-0.05, 0) is 37.1 Å². The summed E-state index contributed by atoms with van der Waals surface area (Å²) in [5.41, 5.74) is 2.48. The fourth-order valence-corrected chi connectivity index (χ4v) is 3.25. The lowest BCUT2D eigenvalue weighted by atomic mass is 10.1. The Bertz CT molecular complexity index is 561. The molecular weight excluding hydrogens is 302 g/mol. The van der Waals surface area contributed by atoms with E-state index in [1.165, 1.54) is 16.0 Å². The highest BCUT2D eigenvalue weighted by Gasteiger charge is 2.32. The van der Waals surface area contributed by atoms with Gasteiger partial charge in [0, 0.05) is 23.6 Å². The first-order valence-electron chi connectivity index (χ1n) is 7.29. The molecule has 1 saturated heterocycles. The number of aliphatic carboxylic acids is 1. The van der Waals surface area contributed by atoms with Gasteiger partial charge in [-0.15, -0.1) is 11.8 Å². The minimum atomic E-state index is -1.00. The lowest BCUT2D eigenvalue weighted by molar-refractivity contribution is -0.158. The van der Waals surface area contributed by atoms with Crippen LogP contribution >= 0.6 is 11.8 Å². The number of thioether (sulfide) groups is 1. The molecule has 120 valence electrons. The fraction of sp³-hybridized carbons (Fsp3) is 0.500. The lowest BCUT2D eigenvalue weighted by Crippen LogP contribution is -2.52. The van der Waals surface area contributed by atoms with Crippen molar-refractivity contribution in [1.29, 1.82) is 0 Å². The average Bonchev–Trinajstić information content (AvgIpc) is 2.50. The first kappa shape index (κ1) is 16.8. The molecule has 1 unspecified atom stereocenters. The molecule has 0 saturated carbocycles. The highest BCUT2D eigenvalue weighted by molar-refractivity contribution is 7.99. The Morgan fingerprint density at radius 2 is 2.14 bits per heavy atom. The SMILES string of the molecule is Cc1ccc(SCCC(=O)N2CCOCC2C(=O)O)cc1C. The molecule has 1 aromatic rings. The van der Waals surface area contributed by atoms with Crippen molar-refractivity contribution in [1.82, 2.24) is 4.90 Å². The predicted octanol–water partition coefficient (Wildman–Crippen LogP) is 2.10. The number of nitrogens with zero attached hydrogens (tertiary/aromatic N) is 1. The molecule has 2 rings (SSSR count). The van der Waals surface area contributed by atoms with Gasteiger partial charge in [-0.25, -0.2) is 4.79 Å². The summed E-state index contributed by atoms with van der Waals surface area (Å²) in [6, 6.07) is 5.38. The molecule has 0 aliphatic carbocycles. The van der Waals surface area contributed by atoms with E-state index in [-0.39, 0.29) is 12.5 Å². The van der Waals surface area contributed by atoms with Crippen molar-refractivity contribution in [3.63, 3.8) is 0 Å². The largest absolute Gasteiger partial charge is 0.480 e. The average molecular weight is 323 g/mol. The third-order valence-corrected chi connectivity index (χ3v) is 4.79. The van der Waals surface area contributed by atoms with Gasteiger partial charge in [0.15, 0.2) is 6.04 Å². The molecule has 0 aromatic heterocycles. The topological polar surface area (TPSA) is 66.8 Å². The monoisotopic (exact) mass is 323 g/mol. The quantitative estimate of drug-likeness (QED) is 0.841. The van der Waals surface area contributed by atoms with Gasteiger partial charge in [-0.3, -0.25) is 4.79 Å². The normalized spacial score (nSPS) is 18.3. The zero-order valence-electron chi connectivity index (χ0n) is 12.9. The summed E-state index contributed by atoms with van der Waals surface area (Å²) < 4.78 is 5.14. The zero-order chi connectivity index (χ0) is 16.1. The zero-order valence-corrected chi connectivity index (χ0v) is 13.7. The number of carboxylic acids is 1. The van der Waals surface area contributed by atoms with Crippen molar-refractivity contribution in [3.8, 4) is 0 Å². The van der Waals surface area contributed by atoms with Crippen LogP contribution in [0.4, 0.5) is 0 Å². The Hall–Kier alpha value is -1.53. The first-order chi connectivity index (χ1) is 10.5. The van der Waals surface area contributed by atoms with E-state index in [9.17, 15) is 9.59 Å². The van der Waals surface area contributed by atoms with Crippen molar-refractivity contribution in [2.45, 2.75) is 31.2 Å². The molecule has 0 radical (unpaired) electrons. The maximum atomic E-state index is 12.2. The summed E-state index contributed by atoms with van der Waals surface area (Å²) in [5.74, 6) is -0.479. The van der Waals surface area contributed by atoms with Crippen LogP contribution < -0.4 is 0 Å². The molecule has 1 N–H and O–H groups in total. The Labute approximate surface area is 134 Å². The summed E-state index contributed by atoms with van der Waals surface area (Å²) in [6.07, 6.45) is 0.335. The Morgan fingerprint density at radius 1 is 1.36 bits per heavy atom. The van der Waals surface area contributed by atoms with Gasteiger partial charge in [-0.1, -0.05) is 6.07 Å². The number of carbonyl (C=O) groups is 2. The molecule has 6 heteroatoms. The molecular formula is C16H21NO4S. The molecule has 1 atom stereocenters. The minimum Gasteiger partial charge on any atom is -0.480 e. The molecule has 1 amide bonds. The van der Waals surface area contributed by atoms with Crippen LogP contribution in [0.15, 0.2) is 23.1 Å². The number of aryl methyl sites for hydroxylation is 2.